The average Bonchev–Trinajstić information content (AvgIpc) is 3.07. The summed E-state index contributed by atoms with van der Waals surface area (Å²) < 4.78 is 32.3. The molecule has 11 nitrogen and oxygen atoms in total. The quantitative estimate of drug-likeness (QED) is 0.0188. The maximum Gasteiger partial charge on any atom is 0.472 e. The Labute approximate surface area is 296 Å². The molecule has 0 bridgehead atoms. The lowest BCUT2D eigenvalue weighted by Crippen LogP contribution is -2.34. The third-order valence-electron chi connectivity index (χ3n) is 8.06. The molecule has 0 fully saturated rings. The minimum atomic E-state index is -4.73. The first-order chi connectivity index (χ1) is 23.6. The summed E-state index contributed by atoms with van der Waals surface area (Å²) in [7, 11) is -4.73. The maximum atomic E-state index is 12.4. The van der Waals surface area contributed by atoms with E-state index in [0.29, 0.717) is 6.42 Å². The van der Waals surface area contributed by atoms with Crippen molar-refractivity contribution in [1.82, 2.24) is 0 Å². The predicted molar refractivity (Wildman–Crippen MR) is 194 cm³/mol. The minimum absolute atomic E-state index is 0.205. The molecule has 0 heterocycles. The van der Waals surface area contributed by atoms with E-state index in [1.54, 1.807) is 12.2 Å². The topological polar surface area (TPSA) is 172 Å². The van der Waals surface area contributed by atoms with Crippen LogP contribution in [0.4, 0.5) is 0 Å². The van der Waals surface area contributed by atoms with Gasteiger partial charge < -0.3 is 25.2 Å². The van der Waals surface area contributed by atoms with Gasteiger partial charge in [0.2, 0.25) is 0 Å². The van der Waals surface area contributed by atoms with Gasteiger partial charge in [0.05, 0.1) is 13.2 Å². The Morgan fingerprint density at radius 2 is 1.14 bits per heavy atom. The molecule has 286 valence electrons. The van der Waals surface area contributed by atoms with Crippen molar-refractivity contribution in [2.24, 2.45) is 5.73 Å². The van der Waals surface area contributed by atoms with Gasteiger partial charge in [-0.05, 0) is 19.3 Å². The Morgan fingerprint density at radius 1 is 0.673 bits per heavy atom. The van der Waals surface area contributed by atoms with Crippen LogP contribution < -0.4 is 5.73 Å². The van der Waals surface area contributed by atoms with Crippen LogP contribution >= 0.6 is 7.82 Å². The van der Waals surface area contributed by atoms with E-state index >= 15 is 0 Å². The Balaban J connectivity index is 4.55. The molecule has 0 aromatic rings. The van der Waals surface area contributed by atoms with Gasteiger partial charge in [0.1, 0.15) is 12.6 Å². The molecule has 3 atom stereocenters. The zero-order chi connectivity index (χ0) is 36.4. The SMILES string of the molecule is CCCCCCCCCCCCC/C=C/C=C/C(=O)O[C@H](COC(=O)CCCCCCCCCCCC)COP(=O)(O)OC[C@H](N)C(=O)O. The lowest BCUT2D eigenvalue weighted by Gasteiger charge is -2.19. The van der Waals surface area contributed by atoms with Gasteiger partial charge >= 0.3 is 25.7 Å². The van der Waals surface area contributed by atoms with Crippen molar-refractivity contribution < 1.29 is 47.5 Å². The van der Waals surface area contributed by atoms with Crippen LogP contribution in [0.5, 0.6) is 0 Å². The molecule has 0 aliphatic heterocycles. The van der Waals surface area contributed by atoms with Crippen molar-refractivity contribution in [2.45, 2.75) is 174 Å². The van der Waals surface area contributed by atoms with Crippen molar-refractivity contribution in [3.8, 4) is 0 Å². The second-order valence-corrected chi connectivity index (χ2v) is 14.2. The van der Waals surface area contributed by atoms with E-state index < -0.39 is 51.1 Å². The summed E-state index contributed by atoms with van der Waals surface area (Å²) in [6, 6.07) is -1.53. The molecular weight excluding hydrogens is 649 g/mol. The van der Waals surface area contributed by atoms with Gasteiger partial charge in [-0.15, -0.1) is 0 Å². The van der Waals surface area contributed by atoms with Gasteiger partial charge in [-0.25, -0.2) is 9.36 Å². The number of aliphatic carboxylic acids is 1. The van der Waals surface area contributed by atoms with E-state index in [1.165, 1.54) is 109 Å². The average molecular weight is 718 g/mol. The second-order valence-electron chi connectivity index (χ2n) is 12.8. The zero-order valence-electron chi connectivity index (χ0n) is 30.5. The Kier molecular flexibility index (Phi) is 31.7. The molecule has 1 unspecified atom stereocenters. The number of phosphoric acid groups is 1. The first-order valence-electron chi connectivity index (χ1n) is 18.9. The number of ether oxygens (including phenoxy) is 2. The number of rotatable bonds is 35. The number of phosphoric ester groups is 1. The van der Waals surface area contributed by atoms with Crippen molar-refractivity contribution >= 4 is 25.7 Å². The van der Waals surface area contributed by atoms with Crippen LogP contribution in [0.15, 0.2) is 24.3 Å². The highest BCUT2D eigenvalue weighted by molar-refractivity contribution is 7.47. The Hall–Kier alpha value is -2.04. The highest BCUT2D eigenvalue weighted by Gasteiger charge is 2.27. The summed E-state index contributed by atoms with van der Waals surface area (Å²) in [5.41, 5.74) is 5.30. The molecule has 0 saturated heterocycles. The molecule has 0 aromatic heterocycles. The number of carbonyl (C=O) groups excluding carboxylic acids is 2. The van der Waals surface area contributed by atoms with Crippen molar-refractivity contribution in [1.29, 1.82) is 0 Å². The lowest BCUT2D eigenvalue weighted by atomic mass is 10.1. The molecule has 0 saturated carbocycles. The molecule has 0 aliphatic rings. The van der Waals surface area contributed by atoms with E-state index in [0.717, 1.165) is 32.1 Å². The van der Waals surface area contributed by atoms with Crippen LogP contribution in [-0.2, 0) is 37.5 Å². The van der Waals surface area contributed by atoms with Gasteiger partial charge in [-0.3, -0.25) is 18.6 Å². The molecule has 0 amide bonds. The molecule has 0 aliphatic carbocycles. The standard InChI is InChI=1S/C37H68NO10P/c1-3-5-7-9-11-13-15-16-17-18-19-21-23-25-27-29-36(40)48-33(31-46-49(43,44)47-32-34(38)37(41)42)30-45-35(39)28-26-24-22-20-14-12-10-8-6-4-2/h23,25,27,29,33-34H,3-22,24,26,28,30-32,38H2,1-2H3,(H,41,42)(H,43,44)/b25-23+,29-27+/t33-,34+/m1/s1. The van der Waals surface area contributed by atoms with Crippen molar-refractivity contribution in [3.05, 3.63) is 24.3 Å². The summed E-state index contributed by atoms with van der Waals surface area (Å²) in [5, 5.41) is 8.84. The van der Waals surface area contributed by atoms with E-state index in [1.807, 2.05) is 6.08 Å². The number of esters is 2. The van der Waals surface area contributed by atoms with Gasteiger partial charge in [-0.2, -0.15) is 0 Å². The van der Waals surface area contributed by atoms with Crippen molar-refractivity contribution in [3.63, 3.8) is 0 Å². The lowest BCUT2D eigenvalue weighted by molar-refractivity contribution is -0.157. The molecule has 0 radical (unpaired) electrons. The van der Waals surface area contributed by atoms with Gasteiger partial charge in [0, 0.05) is 12.5 Å². The highest BCUT2D eigenvalue weighted by atomic mass is 31.2. The molecule has 0 aromatic carbocycles. The number of hydrogen-bond acceptors (Lipinski definition) is 9. The Morgan fingerprint density at radius 3 is 1.65 bits per heavy atom. The smallest absolute Gasteiger partial charge is 0.472 e. The van der Waals surface area contributed by atoms with E-state index in [2.05, 4.69) is 18.4 Å². The molecule has 4 N–H and O–H groups in total. The highest BCUT2D eigenvalue weighted by Crippen LogP contribution is 2.43. The summed E-state index contributed by atoms with van der Waals surface area (Å²) >= 11 is 0. The largest absolute Gasteiger partial charge is 0.480 e. The number of hydrogen-bond donors (Lipinski definition) is 3. The first kappa shape index (κ1) is 47.0. The molecule has 0 rings (SSSR count). The monoisotopic (exact) mass is 717 g/mol. The maximum absolute atomic E-state index is 12.4. The van der Waals surface area contributed by atoms with Crippen molar-refractivity contribution in [2.75, 3.05) is 19.8 Å². The summed E-state index contributed by atoms with van der Waals surface area (Å²) in [6.45, 7) is 2.65. The Bertz CT molecular complexity index is 942. The summed E-state index contributed by atoms with van der Waals surface area (Å²) in [4.78, 5) is 45.5. The number of unbranched alkanes of at least 4 members (excludes halogenated alkanes) is 20. The van der Waals surface area contributed by atoms with Crippen LogP contribution in [0.25, 0.3) is 0 Å². The molecule has 49 heavy (non-hydrogen) atoms. The zero-order valence-corrected chi connectivity index (χ0v) is 31.4. The van der Waals surface area contributed by atoms with Crippen LogP contribution in [0.2, 0.25) is 0 Å². The first-order valence-corrected chi connectivity index (χ1v) is 20.4. The third kappa shape index (κ3) is 32.9. The molecular formula is C37H68NO10P. The fourth-order valence-electron chi connectivity index (χ4n) is 5.03. The van der Waals surface area contributed by atoms with Crippen LogP contribution in [0.3, 0.4) is 0 Å². The number of nitrogens with two attached hydrogens (primary N) is 1. The van der Waals surface area contributed by atoms with E-state index in [4.69, 9.17) is 24.8 Å². The van der Waals surface area contributed by atoms with Gasteiger partial charge in [0.25, 0.3) is 0 Å². The third-order valence-corrected chi connectivity index (χ3v) is 9.01. The fraction of sp³-hybridized carbons (Fsp3) is 0.811. The van der Waals surface area contributed by atoms with E-state index in [9.17, 15) is 23.8 Å². The number of allylic oxidation sites excluding steroid dienone is 3. The second kappa shape index (κ2) is 33.1. The van der Waals surface area contributed by atoms with Gasteiger partial charge in [0.15, 0.2) is 6.10 Å². The number of carboxylic acids is 1. The van der Waals surface area contributed by atoms with Gasteiger partial charge in [-0.1, -0.05) is 154 Å². The molecule has 0 spiro atoms. The molecule has 12 heteroatoms. The normalized spacial score (nSPS) is 14.2. The minimum Gasteiger partial charge on any atom is -0.480 e. The van der Waals surface area contributed by atoms with Crippen LogP contribution in [0.1, 0.15) is 162 Å². The van der Waals surface area contributed by atoms with Crippen LogP contribution in [0, 0.1) is 0 Å². The number of carbonyl (C=O) groups is 3. The predicted octanol–water partition coefficient (Wildman–Crippen LogP) is 9.11. The van der Waals surface area contributed by atoms with E-state index in [-0.39, 0.29) is 13.0 Å². The summed E-state index contributed by atoms with van der Waals surface area (Å²) in [5.74, 6) is -2.64. The summed E-state index contributed by atoms with van der Waals surface area (Å²) in [6.07, 6.45) is 31.8. The van der Waals surface area contributed by atoms with Crippen LogP contribution in [-0.4, -0.2) is 59.9 Å². The number of carboxylic acid groups (broad SMARTS) is 1. The fourth-order valence-corrected chi connectivity index (χ4v) is 5.81.